The van der Waals surface area contributed by atoms with Gasteiger partial charge in [0.1, 0.15) is 5.82 Å². The molecule has 1 rings (SSSR count). The van der Waals surface area contributed by atoms with Crippen molar-refractivity contribution in [2.45, 2.75) is 31.9 Å². The smallest absolute Gasteiger partial charge is 0.220 e. The molecule has 2 N–H and O–H groups in total. The molecule has 0 aliphatic heterocycles. The average molecular weight is 285 g/mol. The first-order valence-corrected chi connectivity index (χ1v) is 7.66. The highest BCUT2D eigenvalue weighted by atomic mass is 32.2. The van der Waals surface area contributed by atoms with Crippen LogP contribution in [0.5, 0.6) is 0 Å². The molecule has 0 aliphatic carbocycles. The van der Waals surface area contributed by atoms with Crippen LogP contribution in [0.25, 0.3) is 0 Å². The van der Waals surface area contributed by atoms with Crippen LogP contribution >= 0.6 is 11.8 Å². The summed E-state index contributed by atoms with van der Waals surface area (Å²) in [5.41, 5.74) is 0.596. The molecule has 0 radical (unpaired) electrons. The zero-order valence-corrected chi connectivity index (χ0v) is 12.0. The van der Waals surface area contributed by atoms with Gasteiger partial charge in [0, 0.05) is 6.42 Å². The van der Waals surface area contributed by atoms with Gasteiger partial charge in [-0.15, -0.1) is 0 Å². The Hall–Kier alpha value is -1.07. The first-order valence-electron chi connectivity index (χ1n) is 6.26. The van der Waals surface area contributed by atoms with Crippen molar-refractivity contribution in [2.24, 2.45) is 0 Å². The van der Waals surface area contributed by atoms with E-state index in [1.54, 1.807) is 18.7 Å². The maximum atomic E-state index is 12.8. The van der Waals surface area contributed by atoms with E-state index in [0.29, 0.717) is 12.0 Å². The van der Waals surface area contributed by atoms with E-state index in [9.17, 15) is 14.3 Å². The Labute approximate surface area is 117 Å². The van der Waals surface area contributed by atoms with Crippen molar-refractivity contribution in [1.29, 1.82) is 0 Å². The molecule has 0 aromatic heterocycles. The van der Waals surface area contributed by atoms with Gasteiger partial charge in [0.15, 0.2) is 0 Å². The van der Waals surface area contributed by atoms with Crippen LogP contribution in [0.15, 0.2) is 24.3 Å². The van der Waals surface area contributed by atoms with Gasteiger partial charge in [-0.2, -0.15) is 11.8 Å². The molecular formula is C14H20FNO2S. The maximum Gasteiger partial charge on any atom is 0.220 e. The number of benzene rings is 1. The Morgan fingerprint density at radius 1 is 1.42 bits per heavy atom. The minimum absolute atomic E-state index is 0.0669. The predicted octanol–water partition coefficient (Wildman–Crippen LogP) is 2.51. The number of halogens is 1. The van der Waals surface area contributed by atoms with Crippen LogP contribution in [0, 0.1) is 5.82 Å². The summed E-state index contributed by atoms with van der Waals surface area (Å²) in [7, 11) is 0. The molecule has 0 spiro atoms. The third-order valence-corrected chi connectivity index (χ3v) is 3.52. The Balaban J connectivity index is 2.46. The number of hydrogen-bond donors (Lipinski definition) is 2. The van der Waals surface area contributed by atoms with Crippen molar-refractivity contribution in [3.63, 3.8) is 0 Å². The number of carbonyl (C=O) groups excluding carboxylic acids is 1. The van der Waals surface area contributed by atoms with E-state index in [1.165, 1.54) is 24.3 Å². The molecule has 0 saturated heterocycles. The number of amides is 1. The van der Waals surface area contributed by atoms with E-state index in [4.69, 9.17) is 0 Å². The van der Waals surface area contributed by atoms with Crippen molar-refractivity contribution in [1.82, 2.24) is 5.32 Å². The lowest BCUT2D eigenvalue weighted by molar-refractivity contribution is -0.122. The summed E-state index contributed by atoms with van der Waals surface area (Å²) in [6.07, 6.45) is 2.46. The minimum atomic E-state index is -0.829. The van der Waals surface area contributed by atoms with Crippen LogP contribution in [-0.4, -0.2) is 29.1 Å². The lowest BCUT2D eigenvalue weighted by atomic mass is 10.0. The highest BCUT2D eigenvalue weighted by molar-refractivity contribution is 7.98. The van der Waals surface area contributed by atoms with Gasteiger partial charge < -0.3 is 10.4 Å². The van der Waals surface area contributed by atoms with Gasteiger partial charge in [-0.25, -0.2) is 4.39 Å². The summed E-state index contributed by atoms with van der Waals surface area (Å²) < 4.78 is 12.8. The van der Waals surface area contributed by atoms with Gasteiger partial charge in [0.05, 0.1) is 12.1 Å². The third-order valence-electron chi connectivity index (χ3n) is 2.83. The zero-order chi connectivity index (χ0) is 14.3. The van der Waals surface area contributed by atoms with E-state index >= 15 is 0 Å². The Morgan fingerprint density at radius 2 is 2.05 bits per heavy atom. The van der Waals surface area contributed by atoms with E-state index in [1.807, 2.05) is 6.26 Å². The van der Waals surface area contributed by atoms with Crippen LogP contribution in [0.4, 0.5) is 4.39 Å². The summed E-state index contributed by atoms with van der Waals surface area (Å²) in [5.74, 6) is 0.537. The van der Waals surface area contributed by atoms with Crippen LogP contribution in [0.2, 0.25) is 0 Å². The largest absolute Gasteiger partial charge is 0.386 e. The molecule has 0 heterocycles. The second kappa shape index (κ2) is 8.17. The van der Waals surface area contributed by atoms with Crippen LogP contribution < -0.4 is 5.32 Å². The Kier molecular flexibility index (Phi) is 6.87. The monoisotopic (exact) mass is 285 g/mol. The maximum absolute atomic E-state index is 12.8. The number of rotatable bonds is 7. The second-order valence-electron chi connectivity index (χ2n) is 4.45. The number of aliphatic hydroxyl groups is 1. The zero-order valence-electron chi connectivity index (χ0n) is 11.2. The standard InChI is InChI=1S/C14H20FNO2S/c1-10(16-13(17)4-3-9-19-2)14(18)11-5-7-12(15)8-6-11/h5-8,10,14,18H,3-4,9H2,1-2H3,(H,16,17). The molecule has 0 saturated carbocycles. The first kappa shape index (κ1) is 16.0. The predicted molar refractivity (Wildman–Crippen MR) is 76.6 cm³/mol. The number of carbonyl (C=O) groups is 1. The van der Waals surface area contributed by atoms with E-state index in [0.717, 1.165) is 12.2 Å². The fraction of sp³-hybridized carbons (Fsp3) is 0.500. The van der Waals surface area contributed by atoms with Gasteiger partial charge in [-0.05, 0) is 43.0 Å². The van der Waals surface area contributed by atoms with Crippen molar-refractivity contribution in [2.75, 3.05) is 12.0 Å². The highest BCUT2D eigenvalue weighted by Crippen LogP contribution is 2.17. The third kappa shape index (κ3) is 5.61. The van der Waals surface area contributed by atoms with Gasteiger partial charge in [0.2, 0.25) is 5.91 Å². The summed E-state index contributed by atoms with van der Waals surface area (Å²) in [6.45, 7) is 1.74. The Morgan fingerprint density at radius 3 is 2.63 bits per heavy atom. The minimum Gasteiger partial charge on any atom is -0.386 e. The molecule has 0 aliphatic rings. The van der Waals surface area contributed by atoms with Gasteiger partial charge >= 0.3 is 0 Å². The summed E-state index contributed by atoms with van der Waals surface area (Å²) in [6, 6.07) is 5.25. The van der Waals surface area contributed by atoms with Gasteiger partial charge in [-0.1, -0.05) is 12.1 Å². The SMILES string of the molecule is CSCCCC(=O)NC(C)C(O)c1ccc(F)cc1. The van der Waals surface area contributed by atoms with Crippen molar-refractivity contribution in [3.05, 3.63) is 35.6 Å². The molecule has 1 amide bonds. The lowest BCUT2D eigenvalue weighted by Crippen LogP contribution is -2.37. The van der Waals surface area contributed by atoms with Gasteiger partial charge in [-0.3, -0.25) is 4.79 Å². The quantitative estimate of drug-likeness (QED) is 0.757. The number of nitrogens with one attached hydrogen (secondary N) is 1. The fourth-order valence-corrected chi connectivity index (χ4v) is 2.16. The second-order valence-corrected chi connectivity index (χ2v) is 5.43. The molecule has 2 atom stereocenters. The first-order chi connectivity index (χ1) is 9.04. The topological polar surface area (TPSA) is 49.3 Å². The van der Waals surface area contributed by atoms with Crippen LogP contribution in [0.1, 0.15) is 31.4 Å². The van der Waals surface area contributed by atoms with Crippen LogP contribution in [0.3, 0.4) is 0 Å². The number of thioether (sulfide) groups is 1. The molecular weight excluding hydrogens is 265 g/mol. The van der Waals surface area contributed by atoms with E-state index in [-0.39, 0.29) is 11.7 Å². The average Bonchev–Trinajstić information content (AvgIpc) is 2.39. The molecule has 5 heteroatoms. The molecule has 19 heavy (non-hydrogen) atoms. The van der Waals surface area contributed by atoms with Crippen molar-refractivity contribution < 1.29 is 14.3 Å². The molecule has 0 bridgehead atoms. The fourth-order valence-electron chi connectivity index (χ4n) is 1.73. The Bertz CT molecular complexity index is 397. The molecule has 3 nitrogen and oxygen atoms in total. The number of hydrogen-bond acceptors (Lipinski definition) is 3. The number of aliphatic hydroxyl groups excluding tert-OH is 1. The molecule has 106 valence electrons. The van der Waals surface area contributed by atoms with Gasteiger partial charge in [0.25, 0.3) is 0 Å². The molecule has 0 fully saturated rings. The summed E-state index contributed by atoms with van der Waals surface area (Å²) in [5, 5.41) is 12.8. The highest BCUT2D eigenvalue weighted by Gasteiger charge is 2.18. The molecule has 2 unspecified atom stereocenters. The summed E-state index contributed by atoms with van der Waals surface area (Å²) >= 11 is 1.70. The molecule has 1 aromatic rings. The van der Waals surface area contributed by atoms with Crippen molar-refractivity contribution >= 4 is 17.7 Å². The van der Waals surface area contributed by atoms with E-state index < -0.39 is 12.1 Å². The lowest BCUT2D eigenvalue weighted by Gasteiger charge is -2.20. The summed E-state index contributed by atoms with van der Waals surface area (Å²) in [4.78, 5) is 11.6. The van der Waals surface area contributed by atoms with Crippen molar-refractivity contribution in [3.8, 4) is 0 Å². The van der Waals surface area contributed by atoms with Crippen LogP contribution in [-0.2, 0) is 4.79 Å². The van der Waals surface area contributed by atoms with E-state index in [2.05, 4.69) is 5.32 Å². The molecule has 1 aromatic carbocycles. The normalized spacial score (nSPS) is 13.9.